The SMILES string of the molecule is CC(C)O[CH2][Ti]([CH3])([O]C(C)C)[O]C(C)C. The molecule has 92 valence electrons. The Morgan fingerprint density at radius 2 is 1.20 bits per heavy atom. The van der Waals surface area contributed by atoms with E-state index >= 15 is 0 Å². The van der Waals surface area contributed by atoms with E-state index < -0.39 is 17.4 Å². The van der Waals surface area contributed by atoms with Gasteiger partial charge in [-0.2, -0.15) is 0 Å². The van der Waals surface area contributed by atoms with E-state index in [9.17, 15) is 0 Å². The molecule has 0 aliphatic heterocycles. The molecule has 0 aliphatic carbocycles. The van der Waals surface area contributed by atoms with Crippen LogP contribution in [0.4, 0.5) is 0 Å². The molecule has 0 saturated heterocycles. The van der Waals surface area contributed by atoms with E-state index in [1.165, 1.54) is 0 Å². The zero-order valence-corrected chi connectivity index (χ0v) is 12.7. The summed E-state index contributed by atoms with van der Waals surface area (Å²) in [6, 6.07) is 0. The molecule has 3 nitrogen and oxygen atoms in total. The maximum absolute atomic E-state index is 5.94. The van der Waals surface area contributed by atoms with Crippen molar-refractivity contribution in [3.05, 3.63) is 0 Å². The van der Waals surface area contributed by atoms with Gasteiger partial charge in [0.05, 0.1) is 0 Å². The molecule has 0 aromatic heterocycles. The number of hydrogen-bond acceptors (Lipinski definition) is 3. The fraction of sp³-hybridized carbons (Fsp3) is 1.00. The molecule has 0 spiro atoms. The van der Waals surface area contributed by atoms with Crippen LogP contribution in [0.3, 0.4) is 0 Å². The second-order valence-corrected chi connectivity index (χ2v) is 9.55. The summed E-state index contributed by atoms with van der Waals surface area (Å²) in [5.41, 5.74) is 0. The fourth-order valence-electron chi connectivity index (χ4n) is 1.41. The molecule has 0 fully saturated rings. The Hall–Kier alpha value is 0.594. The van der Waals surface area contributed by atoms with Crippen LogP contribution in [0.2, 0.25) is 5.23 Å². The van der Waals surface area contributed by atoms with Gasteiger partial charge in [0.15, 0.2) is 0 Å². The quantitative estimate of drug-likeness (QED) is 0.653. The monoisotopic (exact) mass is 254 g/mol. The molecule has 0 rings (SSSR count). The van der Waals surface area contributed by atoms with Crippen LogP contribution in [0.15, 0.2) is 0 Å². The first kappa shape index (κ1) is 15.6. The molecule has 0 amide bonds. The van der Waals surface area contributed by atoms with Gasteiger partial charge in [-0.15, -0.1) is 0 Å². The molecule has 0 saturated carbocycles. The van der Waals surface area contributed by atoms with Gasteiger partial charge in [-0.25, -0.2) is 0 Å². The second-order valence-electron chi connectivity index (χ2n) is 4.83. The third kappa shape index (κ3) is 8.41. The minimum absolute atomic E-state index is 0.213. The van der Waals surface area contributed by atoms with Crippen molar-refractivity contribution in [2.24, 2.45) is 0 Å². The van der Waals surface area contributed by atoms with Gasteiger partial charge in [0.2, 0.25) is 0 Å². The summed E-state index contributed by atoms with van der Waals surface area (Å²) in [7, 11) is 0. The summed E-state index contributed by atoms with van der Waals surface area (Å²) < 4.78 is 17.5. The summed E-state index contributed by atoms with van der Waals surface area (Å²) in [6.07, 6.45) is 0.662. The van der Waals surface area contributed by atoms with Crippen LogP contribution in [0.25, 0.3) is 0 Å². The van der Waals surface area contributed by atoms with Gasteiger partial charge in [-0.3, -0.25) is 0 Å². The van der Waals surface area contributed by atoms with Gasteiger partial charge in [-0.1, -0.05) is 0 Å². The average Bonchev–Trinajstić information content (AvgIpc) is 1.97. The van der Waals surface area contributed by atoms with Gasteiger partial charge in [0.1, 0.15) is 0 Å². The molecule has 0 atom stereocenters. The molecule has 0 aromatic carbocycles. The van der Waals surface area contributed by atoms with Crippen molar-refractivity contribution in [2.45, 2.75) is 65.1 Å². The summed E-state index contributed by atoms with van der Waals surface area (Å²) in [5.74, 6) is 0. The van der Waals surface area contributed by atoms with E-state index in [0.717, 1.165) is 0 Å². The van der Waals surface area contributed by atoms with Crippen molar-refractivity contribution in [2.75, 3.05) is 4.91 Å². The molecule has 0 N–H and O–H groups in total. The molecular formula is C11H26O3Ti. The third-order valence-electron chi connectivity index (χ3n) is 1.65. The second kappa shape index (κ2) is 7.02. The van der Waals surface area contributed by atoms with Crippen LogP contribution < -0.4 is 0 Å². The normalized spacial score (nSPS) is 13.2. The van der Waals surface area contributed by atoms with Crippen molar-refractivity contribution >= 4 is 0 Å². The Kier molecular flexibility index (Phi) is 7.30. The van der Waals surface area contributed by atoms with Crippen LogP contribution in [0.1, 0.15) is 41.5 Å². The number of ether oxygens (including phenoxy) is 1. The summed E-state index contributed by atoms with van der Waals surface area (Å²) in [6.45, 7) is 12.2. The molecule has 4 heteroatoms. The van der Waals surface area contributed by atoms with Gasteiger partial charge >= 0.3 is 98.7 Å². The topological polar surface area (TPSA) is 27.7 Å². The maximum atomic E-state index is 5.94. The zero-order valence-electron chi connectivity index (χ0n) is 11.2. The third-order valence-corrected chi connectivity index (χ3v) is 5.76. The summed E-state index contributed by atoms with van der Waals surface area (Å²) >= 11 is -2.69. The fourth-order valence-corrected chi connectivity index (χ4v) is 5.82. The molecule has 15 heavy (non-hydrogen) atoms. The predicted octanol–water partition coefficient (Wildman–Crippen LogP) is 3.25. The first-order chi connectivity index (χ1) is 6.75. The standard InChI is InChI=1S/C4H9O.2C3H7O.CH3.Ti/c1-4(2)5-3;2*1-3(2)4;;/h4H,3H2,1-2H3;2*3H,1-2H3;1H3;/q;2*-1;;+2. The van der Waals surface area contributed by atoms with Crippen molar-refractivity contribution in [1.82, 2.24) is 0 Å². The predicted molar refractivity (Wildman–Crippen MR) is 59.4 cm³/mol. The van der Waals surface area contributed by atoms with E-state index in [4.69, 9.17) is 11.4 Å². The van der Waals surface area contributed by atoms with Gasteiger partial charge < -0.3 is 0 Å². The van der Waals surface area contributed by atoms with Crippen molar-refractivity contribution in [1.29, 1.82) is 0 Å². The van der Waals surface area contributed by atoms with Crippen LogP contribution >= 0.6 is 0 Å². The Labute approximate surface area is 98.8 Å². The number of hydrogen-bond donors (Lipinski definition) is 0. The van der Waals surface area contributed by atoms with Gasteiger partial charge in [0.25, 0.3) is 0 Å². The van der Waals surface area contributed by atoms with Gasteiger partial charge in [0, 0.05) is 0 Å². The van der Waals surface area contributed by atoms with Crippen LogP contribution in [-0.2, 0) is 28.7 Å². The van der Waals surface area contributed by atoms with Crippen molar-refractivity contribution in [3.63, 3.8) is 0 Å². The molecule has 0 aliphatic rings. The Morgan fingerprint density at radius 1 is 0.800 bits per heavy atom. The van der Waals surface area contributed by atoms with E-state index in [-0.39, 0.29) is 18.3 Å². The zero-order chi connectivity index (χ0) is 12.1. The Balaban J connectivity index is 4.26. The molecule has 0 heterocycles. The first-order valence-electron chi connectivity index (χ1n) is 5.72. The average molecular weight is 254 g/mol. The minimum atomic E-state index is -2.69. The van der Waals surface area contributed by atoms with Crippen LogP contribution in [0, 0.1) is 0 Å². The summed E-state index contributed by atoms with van der Waals surface area (Å²) in [5, 5.41) is 2.11. The molecular weight excluding hydrogens is 228 g/mol. The van der Waals surface area contributed by atoms with E-state index in [0.29, 0.717) is 4.91 Å². The van der Waals surface area contributed by atoms with Crippen molar-refractivity contribution < 1.29 is 28.7 Å². The molecule has 0 bridgehead atoms. The first-order valence-corrected chi connectivity index (χ1v) is 9.66. The van der Waals surface area contributed by atoms with Gasteiger partial charge in [-0.05, 0) is 0 Å². The Morgan fingerprint density at radius 3 is 1.47 bits per heavy atom. The molecule has 0 unspecified atom stereocenters. The van der Waals surface area contributed by atoms with E-state index in [1.54, 1.807) is 0 Å². The molecule has 0 radical (unpaired) electrons. The summed E-state index contributed by atoms with van der Waals surface area (Å²) in [4.78, 5) is 0.647. The van der Waals surface area contributed by atoms with Crippen LogP contribution in [0.5, 0.6) is 0 Å². The number of rotatable bonds is 7. The Bertz CT molecular complexity index is 159. The molecule has 0 aromatic rings. The van der Waals surface area contributed by atoms with E-state index in [2.05, 4.69) is 5.23 Å². The van der Waals surface area contributed by atoms with Crippen LogP contribution in [-0.4, -0.2) is 23.2 Å². The van der Waals surface area contributed by atoms with E-state index in [1.807, 2.05) is 41.5 Å². The van der Waals surface area contributed by atoms with Crippen molar-refractivity contribution in [3.8, 4) is 0 Å².